The largest absolute Gasteiger partial charge is 0.327 e. The minimum atomic E-state index is -0.376. The second-order valence-electron chi connectivity index (χ2n) is 3.53. The molecular weight excluding hydrogens is 217 g/mol. The van der Waals surface area contributed by atoms with Crippen molar-refractivity contribution in [3.05, 3.63) is 54.0 Å². The van der Waals surface area contributed by atoms with Crippen LogP contribution in [0.5, 0.6) is 0 Å². The van der Waals surface area contributed by atoms with Crippen molar-refractivity contribution in [2.75, 3.05) is 11.9 Å². The van der Waals surface area contributed by atoms with Crippen LogP contribution in [0.3, 0.4) is 0 Å². The Kier molecular flexibility index (Phi) is 3.01. The van der Waals surface area contributed by atoms with Crippen LogP contribution in [0.4, 0.5) is 15.9 Å². The average molecular weight is 227 g/mol. The van der Waals surface area contributed by atoms with E-state index in [0.717, 1.165) is 5.69 Å². The van der Waals surface area contributed by atoms with E-state index in [-0.39, 0.29) is 11.6 Å². The molecule has 0 radical (unpaired) electrons. The molecule has 3 nitrogen and oxygen atoms in total. The number of halogens is 1. The maximum Gasteiger partial charge on any atom is 0.169 e. The first-order valence-electron chi connectivity index (χ1n) is 5.07. The summed E-state index contributed by atoms with van der Waals surface area (Å²) in [4.78, 5) is 5.62. The summed E-state index contributed by atoms with van der Waals surface area (Å²) in [5.74, 6) is -0.114. The summed E-state index contributed by atoms with van der Waals surface area (Å²) < 4.78 is 13.5. The lowest BCUT2D eigenvalue weighted by molar-refractivity contribution is 0.621. The molecule has 0 spiro atoms. The van der Waals surface area contributed by atoms with E-state index in [2.05, 4.69) is 4.98 Å². The van der Waals surface area contributed by atoms with E-state index in [1.54, 1.807) is 48.5 Å². The van der Waals surface area contributed by atoms with Gasteiger partial charge in [-0.25, -0.2) is 9.37 Å². The number of aromatic nitrogens is 1. The number of hydrogen-bond donors (Lipinski definition) is 0. The number of benzene rings is 1. The van der Waals surface area contributed by atoms with Crippen LogP contribution in [-0.4, -0.2) is 12.0 Å². The Hall–Kier alpha value is -2.41. The minimum absolute atomic E-state index is 0.261. The molecule has 17 heavy (non-hydrogen) atoms. The van der Waals surface area contributed by atoms with Gasteiger partial charge in [-0.2, -0.15) is 5.26 Å². The van der Waals surface area contributed by atoms with E-state index < -0.39 is 0 Å². The van der Waals surface area contributed by atoms with E-state index in [0.29, 0.717) is 5.56 Å². The van der Waals surface area contributed by atoms with Gasteiger partial charge in [0.05, 0.1) is 11.6 Å². The quantitative estimate of drug-likeness (QED) is 0.792. The molecule has 0 unspecified atom stereocenters. The summed E-state index contributed by atoms with van der Waals surface area (Å²) in [6, 6.07) is 11.8. The third-order valence-corrected chi connectivity index (χ3v) is 2.44. The number of anilines is 2. The highest BCUT2D eigenvalue weighted by Gasteiger charge is 2.09. The van der Waals surface area contributed by atoms with Crippen LogP contribution in [0.1, 0.15) is 5.56 Å². The number of pyridine rings is 1. The summed E-state index contributed by atoms with van der Waals surface area (Å²) in [7, 11) is 1.73. The van der Waals surface area contributed by atoms with Crippen LogP contribution in [0.15, 0.2) is 42.6 Å². The standard InChI is InChI=1S/C13H10FN3/c1-17(13-12(14)3-2-8-16-13)11-6-4-10(9-15)5-7-11/h2-8H,1H3. The second-order valence-corrected chi connectivity index (χ2v) is 3.53. The predicted octanol–water partition coefficient (Wildman–Crippen LogP) is 2.86. The lowest BCUT2D eigenvalue weighted by Crippen LogP contribution is -2.12. The molecule has 0 fully saturated rings. The van der Waals surface area contributed by atoms with Gasteiger partial charge in [0, 0.05) is 18.9 Å². The Morgan fingerprint density at radius 1 is 1.24 bits per heavy atom. The average Bonchev–Trinajstić information content (AvgIpc) is 2.39. The fourth-order valence-corrected chi connectivity index (χ4v) is 1.51. The highest BCUT2D eigenvalue weighted by molar-refractivity contribution is 5.60. The molecule has 0 atom stereocenters. The number of rotatable bonds is 2. The third-order valence-electron chi connectivity index (χ3n) is 2.44. The molecule has 4 heteroatoms. The number of hydrogen-bond acceptors (Lipinski definition) is 3. The molecule has 0 aliphatic rings. The van der Waals surface area contributed by atoms with Crippen LogP contribution >= 0.6 is 0 Å². The smallest absolute Gasteiger partial charge is 0.169 e. The van der Waals surface area contributed by atoms with E-state index in [4.69, 9.17) is 5.26 Å². The maximum absolute atomic E-state index is 13.5. The first-order valence-corrected chi connectivity index (χ1v) is 5.07. The zero-order valence-corrected chi connectivity index (χ0v) is 9.26. The fraction of sp³-hybridized carbons (Fsp3) is 0.0769. The SMILES string of the molecule is CN(c1ccc(C#N)cc1)c1ncccc1F. The van der Waals surface area contributed by atoms with Gasteiger partial charge in [-0.3, -0.25) is 0 Å². The summed E-state index contributed by atoms with van der Waals surface area (Å²) in [6.45, 7) is 0. The van der Waals surface area contributed by atoms with Crippen molar-refractivity contribution in [1.82, 2.24) is 4.98 Å². The van der Waals surface area contributed by atoms with E-state index in [1.807, 2.05) is 6.07 Å². The molecule has 1 aromatic heterocycles. The molecule has 1 aromatic carbocycles. The normalized spacial score (nSPS) is 9.71. The van der Waals surface area contributed by atoms with Crippen LogP contribution in [0.2, 0.25) is 0 Å². The van der Waals surface area contributed by atoms with E-state index >= 15 is 0 Å². The van der Waals surface area contributed by atoms with E-state index in [1.165, 1.54) is 6.07 Å². The van der Waals surface area contributed by atoms with Gasteiger partial charge in [-0.1, -0.05) is 0 Å². The number of nitrogens with zero attached hydrogens (tertiary/aromatic N) is 3. The first kappa shape index (κ1) is 11.1. The van der Waals surface area contributed by atoms with Gasteiger partial charge in [0.1, 0.15) is 0 Å². The molecule has 2 rings (SSSR count). The molecular formula is C13H10FN3. The molecule has 2 aromatic rings. The van der Waals surface area contributed by atoms with Crippen molar-refractivity contribution in [1.29, 1.82) is 5.26 Å². The molecule has 84 valence electrons. The lowest BCUT2D eigenvalue weighted by Gasteiger charge is -2.18. The predicted molar refractivity (Wildman–Crippen MR) is 63.4 cm³/mol. The molecule has 0 N–H and O–H groups in total. The molecule has 0 bridgehead atoms. The van der Waals surface area contributed by atoms with Crippen LogP contribution in [0.25, 0.3) is 0 Å². The zero-order valence-electron chi connectivity index (χ0n) is 9.26. The first-order chi connectivity index (χ1) is 8.22. The Morgan fingerprint density at radius 2 is 1.94 bits per heavy atom. The third kappa shape index (κ3) is 2.23. The van der Waals surface area contributed by atoms with Crippen molar-refractivity contribution in [3.8, 4) is 6.07 Å². The van der Waals surface area contributed by atoms with Gasteiger partial charge >= 0.3 is 0 Å². The molecule has 0 saturated carbocycles. The summed E-state index contributed by atoms with van der Waals surface area (Å²) >= 11 is 0. The van der Waals surface area contributed by atoms with Gasteiger partial charge in [-0.15, -0.1) is 0 Å². The van der Waals surface area contributed by atoms with Gasteiger partial charge in [-0.05, 0) is 36.4 Å². The Morgan fingerprint density at radius 3 is 2.53 bits per heavy atom. The topological polar surface area (TPSA) is 39.9 Å². The highest BCUT2D eigenvalue weighted by Crippen LogP contribution is 2.23. The van der Waals surface area contributed by atoms with Crippen molar-refractivity contribution < 1.29 is 4.39 Å². The van der Waals surface area contributed by atoms with Crippen molar-refractivity contribution >= 4 is 11.5 Å². The van der Waals surface area contributed by atoms with Gasteiger partial charge in [0.25, 0.3) is 0 Å². The van der Waals surface area contributed by atoms with Crippen LogP contribution < -0.4 is 4.90 Å². The number of nitriles is 1. The lowest BCUT2D eigenvalue weighted by atomic mass is 10.2. The zero-order chi connectivity index (χ0) is 12.3. The van der Waals surface area contributed by atoms with Gasteiger partial charge in [0.2, 0.25) is 0 Å². The summed E-state index contributed by atoms with van der Waals surface area (Å²) in [6.07, 6.45) is 1.54. The molecule has 0 saturated heterocycles. The minimum Gasteiger partial charge on any atom is -0.327 e. The molecule has 0 aliphatic carbocycles. The van der Waals surface area contributed by atoms with Gasteiger partial charge < -0.3 is 4.90 Å². The Labute approximate surface area is 98.8 Å². The van der Waals surface area contributed by atoms with Crippen molar-refractivity contribution in [2.45, 2.75) is 0 Å². The molecule has 0 amide bonds. The maximum atomic E-state index is 13.5. The summed E-state index contributed by atoms with van der Waals surface area (Å²) in [5.41, 5.74) is 1.35. The van der Waals surface area contributed by atoms with Gasteiger partial charge in [0.15, 0.2) is 11.6 Å². The van der Waals surface area contributed by atoms with Crippen LogP contribution in [0, 0.1) is 17.1 Å². The second kappa shape index (κ2) is 4.62. The van der Waals surface area contributed by atoms with Crippen LogP contribution in [-0.2, 0) is 0 Å². The van der Waals surface area contributed by atoms with Crippen molar-refractivity contribution in [2.24, 2.45) is 0 Å². The summed E-state index contributed by atoms with van der Waals surface area (Å²) in [5, 5.41) is 8.69. The van der Waals surface area contributed by atoms with E-state index in [9.17, 15) is 4.39 Å². The highest BCUT2D eigenvalue weighted by atomic mass is 19.1. The molecule has 0 aliphatic heterocycles. The van der Waals surface area contributed by atoms with Crippen molar-refractivity contribution in [3.63, 3.8) is 0 Å². The molecule has 1 heterocycles. The monoisotopic (exact) mass is 227 g/mol. The Balaban J connectivity index is 2.34. The Bertz CT molecular complexity index is 558. The fourth-order valence-electron chi connectivity index (χ4n) is 1.51.